The minimum Gasteiger partial charge on any atom is -0.393 e. The first kappa shape index (κ1) is 12.2. The van der Waals surface area contributed by atoms with E-state index in [1.165, 1.54) is 31.2 Å². The van der Waals surface area contributed by atoms with Crippen molar-refractivity contribution in [1.29, 1.82) is 0 Å². The van der Waals surface area contributed by atoms with Crippen molar-refractivity contribution in [3.05, 3.63) is 29.6 Å². The summed E-state index contributed by atoms with van der Waals surface area (Å²) in [5.74, 6) is 2.67. The first-order valence-electron chi connectivity index (χ1n) is 7.31. The number of aryl methyl sites for hydroxylation is 1. The van der Waals surface area contributed by atoms with E-state index in [2.05, 4.69) is 18.0 Å². The fourth-order valence-electron chi connectivity index (χ4n) is 4.05. The molecule has 2 bridgehead atoms. The smallest absolute Gasteiger partial charge is 0.0598 e. The number of rotatable bonds is 4. The molecule has 1 aromatic heterocycles. The molecule has 4 atom stereocenters. The maximum atomic E-state index is 10.3. The van der Waals surface area contributed by atoms with Gasteiger partial charge in [-0.15, -0.1) is 0 Å². The van der Waals surface area contributed by atoms with E-state index in [-0.39, 0.29) is 6.10 Å². The minimum atomic E-state index is -0.206. The van der Waals surface area contributed by atoms with Crippen LogP contribution in [0.2, 0.25) is 0 Å². The van der Waals surface area contributed by atoms with Gasteiger partial charge in [0.05, 0.1) is 6.10 Å². The van der Waals surface area contributed by atoms with Crippen LogP contribution in [0.4, 0.5) is 0 Å². The van der Waals surface area contributed by atoms with Crippen LogP contribution in [0.5, 0.6) is 0 Å². The lowest BCUT2D eigenvalue weighted by atomic mass is 9.84. The number of nitrogens with zero attached hydrogens (tertiary/aromatic N) is 1. The van der Waals surface area contributed by atoms with Crippen LogP contribution in [0.25, 0.3) is 0 Å². The summed E-state index contributed by atoms with van der Waals surface area (Å²) in [5, 5.41) is 10.3. The molecule has 2 aliphatic rings. The van der Waals surface area contributed by atoms with E-state index < -0.39 is 0 Å². The Morgan fingerprint density at radius 3 is 2.94 bits per heavy atom. The highest BCUT2D eigenvalue weighted by atomic mass is 16.3. The zero-order chi connectivity index (χ0) is 12.5. The first-order chi connectivity index (χ1) is 8.72. The van der Waals surface area contributed by atoms with Crippen molar-refractivity contribution < 1.29 is 5.11 Å². The predicted molar refractivity (Wildman–Crippen MR) is 72.2 cm³/mol. The second kappa shape index (κ2) is 5.00. The Labute approximate surface area is 109 Å². The van der Waals surface area contributed by atoms with Crippen LogP contribution in [-0.4, -0.2) is 16.2 Å². The predicted octanol–water partition coefficient (Wildman–Crippen LogP) is 3.12. The van der Waals surface area contributed by atoms with Crippen LogP contribution in [0.15, 0.2) is 18.3 Å². The third-order valence-electron chi connectivity index (χ3n) is 5.01. The normalized spacial score (nSPS) is 31.8. The molecule has 1 heterocycles. The Balaban J connectivity index is 1.56. The molecular weight excluding hydrogens is 222 g/mol. The van der Waals surface area contributed by atoms with Crippen molar-refractivity contribution in [3.8, 4) is 0 Å². The second-order valence-electron chi connectivity index (χ2n) is 6.30. The van der Waals surface area contributed by atoms with E-state index in [0.717, 1.165) is 36.3 Å². The second-order valence-corrected chi connectivity index (χ2v) is 6.30. The minimum absolute atomic E-state index is 0.206. The number of hydrogen-bond acceptors (Lipinski definition) is 2. The maximum absolute atomic E-state index is 10.3. The molecule has 0 radical (unpaired) electrons. The van der Waals surface area contributed by atoms with E-state index >= 15 is 0 Å². The Morgan fingerprint density at radius 2 is 2.28 bits per heavy atom. The Morgan fingerprint density at radius 1 is 1.39 bits per heavy atom. The highest BCUT2D eigenvalue weighted by Gasteiger charge is 2.39. The van der Waals surface area contributed by atoms with Crippen LogP contribution in [-0.2, 0) is 6.42 Å². The van der Waals surface area contributed by atoms with Crippen molar-refractivity contribution >= 4 is 0 Å². The number of aromatic nitrogens is 1. The molecule has 0 spiro atoms. The first-order valence-corrected chi connectivity index (χ1v) is 7.31. The van der Waals surface area contributed by atoms with E-state index in [0.29, 0.717) is 0 Å². The lowest BCUT2D eigenvalue weighted by molar-refractivity contribution is 0.123. The van der Waals surface area contributed by atoms with Gasteiger partial charge in [0.1, 0.15) is 0 Å². The highest BCUT2D eigenvalue weighted by molar-refractivity contribution is 5.18. The highest BCUT2D eigenvalue weighted by Crippen LogP contribution is 2.49. The Hall–Kier alpha value is -0.890. The van der Waals surface area contributed by atoms with E-state index in [9.17, 15) is 5.11 Å². The van der Waals surface area contributed by atoms with Crippen molar-refractivity contribution in [2.45, 2.75) is 51.6 Å². The average molecular weight is 245 g/mol. The summed E-state index contributed by atoms with van der Waals surface area (Å²) in [4.78, 5) is 4.38. The van der Waals surface area contributed by atoms with Crippen LogP contribution in [0.3, 0.4) is 0 Å². The van der Waals surface area contributed by atoms with Gasteiger partial charge < -0.3 is 5.11 Å². The summed E-state index contributed by atoms with van der Waals surface area (Å²) in [5.41, 5.74) is 2.26. The van der Waals surface area contributed by atoms with Crippen molar-refractivity contribution in [3.63, 3.8) is 0 Å². The molecule has 98 valence electrons. The molecule has 2 heteroatoms. The lowest BCUT2D eigenvalue weighted by Gasteiger charge is -2.24. The number of fused-ring (bicyclic) bond motifs is 2. The van der Waals surface area contributed by atoms with Crippen molar-refractivity contribution in [2.75, 3.05) is 0 Å². The zero-order valence-corrected chi connectivity index (χ0v) is 11.2. The SMILES string of the molecule is Cc1cccnc1CC(O)CC1CC2CCC1C2. The van der Waals surface area contributed by atoms with Gasteiger partial charge in [0.15, 0.2) is 0 Å². The lowest BCUT2D eigenvalue weighted by Crippen LogP contribution is -2.21. The zero-order valence-electron chi connectivity index (χ0n) is 11.2. The van der Waals surface area contributed by atoms with E-state index in [1.807, 2.05) is 12.3 Å². The van der Waals surface area contributed by atoms with Crippen molar-refractivity contribution in [1.82, 2.24) is 4.98 Å². The van der Waals surface area contributed by atoms with Gasteiger partial charge in [-0.25, -0.2) is 0 Å². The number of aliphatic hydroxyl groups is 1. The molecule has 18 heavy (non-hydrogen) atoms. The van der Waals surface area contributed by atoms with Crippen LogP contribution < -0.4 is 0 Å². The van der Waals surface area contributed by atoms with Gasteiger partial charge >= 0.3 is 0 Å². The quantitative estimate of drug-likeness (QED) is 0.884. The molecule has 2 aliphatic carbocycles. The fraction of sp³-hybridized carbons (Fsp3) is 0.688. The molecule has 2 nitrogen and oxygen atoms in total. The molecule has 0 aliphatic heterocycles. The van der Waals surface area contributed by atoms with Gasteiger partial charge in [0, 0.05) is 18.3 Å². The maximum Gasteiger partial charge on any atom is 0.0598 e. The van der Waals surface area contributed by atoms with Crippen molar-refractivity contribution in [2.24, 2.45) is 17.8 Å². The van der Waals surface area contributed by atoms with Gasteiger partial charge in [-0.2, -0.15) is 0 Å². The average Bonchev–Trinajstić information content (AvgIpc) is 2.94. The summed E-state index contributed by atoms with van der Waals surface area (Å²) in [6.45, 7) is 2.08. The molecule has 3 rings (SSSR count). The van der Waals surface area contributed by atoms with E-state index in [4.69, 9.17) is 0 Å². The third-order valence-corrected chi connectivity index (χ3v) is 5.01. The molecule has 0 amide bonds. The van der Waals surface area contributed by atoms with Gasteiger partial charge in [-0.3, -0.25) is 4.98 Å². The summed E-state index contributed by atoms with van der Waals surface area (Å²) < 4.78 is 0. The van der Waals surface area contributed by atoms with Gasteiger partial charge in [0.2, 0.25) is 0 Å². The van der Waals surface area contributed by atoms with Crippen LogP contribution in [0.1, 0.15) is 43.4 Å². The molecule has 1 N–H and O–H groups in total. The van der Waals surface area contributed by atoms with Gasteiger partial charge in [0.25, 0.3) is 0 Å². The number of pyridine rings is 1. The van der Waals surface area contributed by atoms with Crippen LogP contribution >= 0.6 is 0 Å². The number of aliphatic hydroxyl groups excluding tert-OH is 1. The monoisotopic (exact) mass is 245 g/mol. The molecule has 2 saturated carbocycles. The Kier molecular flexibility index (Phi) is 3.38. The molecule has 4 unspecified atom stereocenters. The summed E-state index contributed by atoms with van der Waals surface area (Å²) in [7, 11) is 0. The van der Waals surface area contributed by atoms with Gasteiger partial charge in [-0.05, 0) is 62.0 Å². The number of hydrogen-bond donors (Lipinski definition) is 1. The molecular formula is C16H23NO. The molecule has 0 saturated heterocycles. The standard InChI is InChI=1S/C16H23NO/c1-11-3-2-6-17-16(11)10-15(18)9-14-8-12-4-5-13(14)7-12/h2-3,6,12-15,18H,4-5,7-10H2,1H3. The summed E-state index contributed by atoms with van der Waals surface area (Å²) in [6.07, 6.45) is 8.97. The van der Waals surface area contributed by atoms with E-state index in [1.54, 1.807) is 0 Å². The molecule has 1 aromatic rings. The topological polar surface area (TPSA) is 33.1 Å². The summed E-state index contributed by atoms with van der Waals surface area (Å²) >= 11 is 0. The van der Waals surface area contributed by atoms with Gasteiger partial charge in [-0.1, -0.05) is 12.5 Å². The Bertz CT molecular complexity index is 417. The van der Waals surface area contributed by atoms with Crippen LogP contribution in [0, 0.1) is 24.7 Å². The summed E-state index contributed by atoms with van der Waals surface area (Å²) in [6, 6.07) is 4.04. The fourth-order valence-corrected chi connectivity index (χ4v) is 4.05. The molecule has 2 fully saturated rings. The molecule has 0 aromatic carbocycles. The largest absolute Gasteiger partial charge is 0.393 e. The third kappa shape index (κ3) is 2.44.